The molecule has 0 heterocycles. The van der Waals surface area contributed by atoms with E-state index in [0.29, 0.717) is 10.9 Å². The van der Waals surface area contributed by atoms with Gasteiger partial charge in [-0.25, -0.2) is 0 Å². The van der Waals surface area contributed by atoms with Gasteiger partial charge in [-0.1, -0.05) is 28.1 Å². The molecular weight excluding hydrogens is 204 g/mol. The zero-order valence-electron chi connectivity index (χ0n) is 6.92. The maximum Gasteiger partial charge on any atom is 0.0699 e. The van der Waals surface area contributed by atoms with Gasteiger partial charge in [0, 0.05) is 11.9 Å². The van der Waals surface area contributed by atoms with Crippen molar-refractivity contribution in [2.45, 2.75) is 36.6 Å². The van der Waals surface area contributed by atoms with E-state index in [-0.39, 0.29) is 0 Å². The second-order valence-electron chi connectivity index (χ2n) is 2.92. The van der Waals surface area contributed by atoms with Crippen molar-refractivity contribution in [3.63, 3.8) is 0 Å². The van der Waals surface area contributed by atoms with Gasteiger partial charge in [0.15, 0.2) is 0 Å². The average Bonchev–Trinajstić information content (AvgIpc) is 1.98. The summed E-state index contributed by atoms with van der Waals surface area (Å²) in [5, 5.41) is 0. The summed E-state index contributed by atoms with van der Waals surface area (Å²) in [6.07, 6.45) is 9.58. The Morgan fingerprint density at radius 1 is 1.27 bits per heavy atom. The zero-order chi connectivity index (χ0) is 8.10. The molecule has 0 aromatic heterocycles. The molecule has 1 aliphatic rings. The number of ether oxygens (including phenoxy) is 1. The first kappa shape index (κ1) is 9.27. The number of hydrogen-bond donors (Lipinski definition) is 0. The molecule has 0 saturated heterocycles. The molecule has 0 bridgehead atoms. The molecule has 1 rings (SSSR count). The van der Waals surface area contributed by atoms with Gasteiger partial charge in [-0.05, 0) is 25.7 Å². The van der Waals surface area contributed by atoms with Crippen LogP contribution in [0.2, 0.25) is 0 Å². The number of halogens is 1. The van der Waals surface area contributed by atoms with Crippen LogP contribution in [-0.4, -0.2) is 18.0 Å². The predicted octanol–water partition coefficient (Wildman–Crippen LogP) is 2.90. The predicted molar refractivity (Wildman–Crippen MR) is 51.1 cm³/mol. The number of rotatable bonds is 1. The molecule has 2 atom stereocenters. The second kappa shape index (κ2) is 4.94. The monoisotopic (exact) mass is 218 g/mol. The third-order valence-electron chi connectivity index (χ3n) is 2.10. The molecule has 0 aromatic rings. The quantitative estimate of drug-likeness (QED) is 0.486. The van der Waals surface area contributed by atoms with Crippen molar-refractivity contribution in [1.29, 1.82) is 0 Å². The van der Waals surface area contributed by atoms with E-state index in [1.165, 1.54) is 12.8 Å². The van der Waals surface area contributed by atoms with E-state index >= 15 is 0 Å². The Kier molecular flexibility index (Phi) is 4.16. The molecule has 0 unspecified atom stereocenters. The normalized spacial score (nSPS) is 35.8. The molecule has 11 heavy (non-hydrogen) atoms. The summed E-state index contributed by atoms with van der Waals surface area (Å²) in [4.78, 5) is 0.539. The van der Waals surface area contributed by atoms with Gasteiger partial charge in [-0.2, -0.15) is 0 Å². The van der Waals surface area contributed by atoms with E-state index in [4.69, 9.17) is 4.74 Å². The van der Waals surface area contributed by atoms with Crippen LogP contribution in [0.5, 0.6) is 0 Å². The number of allylic oxidation sites excluding steroid dienone is 2. The fraction of sp³-hybridized carbons (Fsp3) is 0.778. The highest BCUT2D eigenvalue weighted by Crippen LogP contribution is 2.21. The van der Waals surface area contributed by atoms with Gasteiger partial charge < -0.3 is 4.74 Å². The first-order valence-corrected chi connectivity index (χ1v) is 5.08. The highest BCUT2D eigenvalue weighted by Gasteiger charge is 2.17. The largest absolute Gasteiger partial charge is 0.380 e. The molecule has 2 heteroatoms. The molecule has 0 N–H and O–H groups in total. The lowest BCUT2D eigenvalue weighted by Gasteiger charge is -2.21. The third-order valence-corrected chi connectivity index (χ3v) is 3.15. The molecule has 64 valence electrons. The van der Waals surface area contributed by atoms with E-state index in [2.05, 4.69) is 28.1 Å². The van der Waals surface area contributed by atoms with Crippen molar-refractivity contribution in [3.8, 4) is 0 Å². The summed E-state index contributed by atoms with van der Waals surface area (Å²) < 4.78 is 5.36. The summed E-state index contributed by atoms with van der Waals surface area (Å²) in [6.45, 7) is 0. The van der Waals surface area contributed by atoms with Crippen molar-refractivity contribution >= 4 is 15.9 Å². The Bertz CT molecular complexity index is 134. The Hall–Kier alpha value is 0.180. The van der Waals surface area contributed by atoms with Gasteiger partial charge in [0.1, 0.15) is 0 Å². The molecule has 0 amide bonds. The Morgan fingerprint density at radius 3 is 2.55 bits per heavy atom. The smallest absolute Gasteiger partial charge is 0.0699 e. The second-order valence-corrected chi connectivity index (χ2v) is 4.09. The fourth-order valence-electron chi connectivity index (χ4n) is 1.38. The van der Waals surface area contributed by atoms with Crippen molar-refractivity contribution in [2.75, 3.05) is 7.11 Å². The zero-order valence-corrected chi connectivity index (χ0v) is 8.51. The summed E-state index contributed by atoms with van der Waals surface area (Å²) in [7, 11) is 1.80. The van der Waals surface area contributed by atoms with E-state index < -0.39 is 0 Å². The van der Waals surface area contributed by atoms with E-state index in [9.17, 15) is 0 Å². The summed E-state index contributed by atoms with van der Waals surface area (Å²) in [6, 6.07) is 0. The molecule has 0 spiro atoms. The van der Waals surface area contributed by atoms with E-state index in [1.54, 1.807) is 7.11 Å². The molecular formula is C9H15BrO. The van der Waals surface area contributed by atoms with Crippen LogP contribution in [0.4, 0.5) is 0 Å². The number of hydrogen-bond acceptors (Lipinski definition) is 1. The summed E-state index contributed by atoms with van der Waals surface area (Å²) in [5.74, 6) is 0. The maximum atomic E-state index is 5.36. The van der Waals surface area contributed by atoms with Crippen LogP contribution in [0, 0.1) is 0 Å². The lowest BCUT2D eigenvalue weighted by atomic mass is 10.0. The van der Waals surface area contributed by atoms with E-state index in [0.717, 1.165) is 12.8 Å². The first-order valence-electron chi connectivity index (χ1n) is 4.16. The van der Waals surface area contributed by atoms with Crippen molar-refractivity contribution in [3.05, 3.63) is 12.2 Å². The van der Waals surface area contributed by atoms with Gasteiger partial charge in [0.2, 0.25) is 0 Å². The Balaban J connectivity index is 2.43. The lowest BCUT2D eigenvalue weighted by Crippen LogP contribution is -2.23. The van der Waals surface area contributed by atoms with Crippen molar-refractivity contribution in [2.24, 2.45) is 0 Å². The van der Waals surface area contributed by atoms with Crippen LogP contribution >= 0.6 is 15.9 Å². The Morgan fingerprint density at radius 2 is 1.91 bits per heavy atom. The Labute approximate surface area is 76.9 Å². The van der Waals surface area contributed by atoms with Crippen LogP contribution in [0.25, 0.3) is 0 Å². The van der Waals surface area contributed by atoms with Crippen LogP contribution < -0.4 is 0 Å². The SMILES string of the molecule is CO[C@@H]1CC/C=C\CC[C@H]1Br. The molecule has 0 saturated carbocycles. The summed E-state index contributed by atoms with van der Waals surface area (Å²) >= 11 is 3.64. The molecule has 0 aliphatic heterocycles. The third kappa shape index (κ3) is 2.96. The van der Waals surface area contributed by atoms with Gasteiger partial charge in [0.05, 0.1) is 6.10 Å². The standard InChI is InChI=1S/C9H15BrO/c1-11-9-7-5-3-2-4-6-8(9)10/h2-3,8-9H,4-7H2,1H3/b3-2-/t8-,9-/m1/s1. The van der Waals surface area contributed by atoms with Crippen LogP contribution in [0.3, 0.4) is 0 Å². The average molecular weight is 219 g/mol. The minimum Gasteiger partial charge on any atom is -0.380 e. The molecule has 1 aliphatic carbocycles. The first-order chi connectivity index (χ1) is 5.34. The van der Waals surface area contributed by atoms with Gasteiger partial charge in [0.25, 0.3) is 0 Å². The topological polar surface area (TPSA) is 9.23 Å². The minimum atomic E-state index is 0.403. The fourth-order valence-corrected chi connectivity index (χ4v) is 2.13. The highest BCUT2D eigenvalue weighted by molar-refractivity contribution is 9.09. The van der Waals surface area contributed by atoms with Crippen LogP contribution in [0.15, 0.2) is 12.2 Å². The number of methoxy groups -OCH3 is 1. The highest BCUT2D eigenvalue weighted by atomic mass is 79.9. The molecule has 0 fully saturated rings. The minimum absolute atomic E-state index is 0.403. The molecule has 0 radical (unpaired) electrons. The summed E-state index contributed by atoms with van der Waals surface area (Å²) in [5.41, 5.74) is 0. The van der Waals surface area contributed by atoms with Crippen LogP contribution in [0.1, 0.15) is 25.7 Å². The number of alkyl halides is 1. The van der Waals surface area contributed by atoms with Gasteiger partial charge in [-0.15, -0.1) is 0 Å². The van der Waals surface area contributed by atoms with Crippen molar-refractivity contribution in [1.82, 2.24) is 0 Å². The maximum absolute atomic E-state index is 5.36. The van der Waals surface area contributed by atoms with Crippen LogP contribution in [-0.2, 0) is 4.74 Å². The van der Waals surface area contributed by atoms with Gasteiger partial charge in [-0.3, -0.25) is 0 Å². The molecule has 1 nitrogen and oxygen atoms in total. The van der Waals surface area contributed by atoms with E-state index in [1.807, 2.05) is 0 Å². The lowest BCUT2D eigenvalue weighted by molar-refractivity contribution is 0.0929. The van der Waals surface area contributed by atoms with Gasteiger partial charge >= 0.3 is 0 Å². The van der Waals surface area contributed by atoms with Crippen molar-refractivity contribution < 1.29 is 4.74 Å². The molecule has 0 aromatic carbocycles.